The summed E-state index contributed by atoms with van der Waals surface area (Å²) in [4.78, 5) is 26.3. The average Bonchev–Trinajstić information content (AvgIpc) is 2.75. The maximum absolute atomic E-state index is 11.5. The highest BCUT2D eigenvalue weighted by Crippen LogP contribution is 2.09. The molecule has 4 nitrogen and oxygen atoms in total. The zero-order valence-electron chi connectivity index (χ0n) is 8.90. The van der Waals surface area contributed by atoms with E-state index < -0.39 is 0 Å². The maximum Gasteiger partial charge on any atom is 0.328 e. The molecule has 0 saturated heterocycles. The number of thiophene rings is 1. The fourth-order valence-corrected chi connectivity index (χ4v) is 2.20. The molecule has 1 N–H and O–H groups in total. The van der Waals surface area contributed by atoms with Crippen LogP contribution in [0.25, 0.3) is 0 Å². The van der Waals surface area contributed by atoms with Gasteiger partial charge in [-0.2, -0.15) is 0 Å². The first-order chi connectivity index (χ1) is 7.70. The van der Waals surface area contributed by atoms with Crippen molar-refractivity contribution in [3.8, 4) is 0 Å². The minimum absolute atomic E-state index is 0.282. The molecule has 0 fully saturated rings. The van der Waals surface area contributed by atoms with Gasteiger partial charge in [-0.15, -0.1) is 11.3 Å². The minimum Gasteiger partial charge on any atom is -0.295 e. The van der Waals surface area contributed by atoms with E-state index in [1.54, 1.807) is 17.5 Å². The molecule has 2 heterocycles. The maximum atomic E-state index is 11.5. The Morgan fingerprint density at radius 1 is 1.44 bits per heavy atom. The van der Waals surface area contributed by atoms with Crippen LogP contribution in [-0.4, -0.2) is 9.55 Å². The minimum atomic E-state index is -0.351. The number of aromatic nitrogens is 2. The van der Waals surface area contributed by atoms with Crippen molar-refractivity contribution in [1.82, 2.24) is 9.55 Å². The van der Waals surface area contributed by atoms with Gasteiger partial charge in [0.1, 0.15) is 0 Å². The molecule has 2 aromatic rings. The molecule has 0 bridgehead atoms. The standard InChI is InChI=1S/C11H12N2O2S/c1-2-8-6-13(11(15)12-10(8)14)7-9-4-3-5-16-9/h3-6H,2,7H2,1H3,(H,12,14,15). The molecule has 0 aliphatic rings. The van der Waals surface area contributed by atoms with Gasteiger partial charge in [-0.1, -0.05) is 13.0 Å². The van der Waals surface area contributed by atoms with Gasteiger partial charge in [-0.25, -0.2) is 4.79 Å². The van der Waals surface area contributed by atoms with E-state index in [1.165, 1.54) is 4.57 Å². The molecule has 0 unspecified atom stereocenters. The molecule has 84 valence electrons. The SMILES string of the molecule is CCc1cn(Cc2cccs2)c(=O)[nH]c1=O. The van der Waals surface area contributed by atoms with Crippen LogP contribution in [0.15, 0.2) is 33.3 Å². The van der Waals surface area contributed by atoms with E-state index in [9.17, 15) is 9.59 Å². The van der Waals surface area contributed by atoms with Crippen molar-refractivity contribution in [2.75, 3.05) is 0 Å². The molecule has 0 amide bonds. The third kappa shape index (κ3) is 2.14. The molecule has 0 saturated carbocycles. The Hall–Kier alpha value is -1.62. The summed E-state index contributed by atoms with van der Waals surface area (Å²) in [5.74, 6) is 0. The summed E-state index contributed by atoms with van der Waals surface area (Å²) in [5, 5.41) is 1.97. The van der Waals surface area contributed by atoms with E-state index in [0.29, 0.717) is 18.5 Å². The van der Waals surface area contributed by atoms with Crippen molar-refractivity contribution in [3.63, 3.8) is 0 Å². The highest BCUT2D eigenvalue weighted by molar-refractivity contribution is 7.09. The Morgan fingerprint density at radius 2 is 2.25 bits per heavy atom. The molecule has 0 atom stereocenters. The first-order valence-corrected chi connectivity index (χ1v) is 5.93. The molecular formula is C11H12N2O2S. The van der Waals surface area contributed by atoms with Crippen molar-refractivity contribution in [3.05, 3.63) is 55.0 Å². The predicted octanol–water partition coefficient (Wildman–Crippen LogP) is 1.21. The molecule has 0 aliphatic carbocycles. The second-order valence-electron chi connectivity index (χ2n) is 3.47. The Labute approximate surface area is 96.2 Å². The molecule has 0 radical (unpaired) electrons. The third-order valence-corrected chi connectivity index (χ3v) is 3.23. The predicted molar refractivity (Wildman–Crippen MR) is 64.1 cm³/mol. The van der Waals surface area contributed by atoms with E-state index in [4.69, 9.17) is 0 Å². The molecule has 5 heteroatoms. The number of H-pyrrole nitrogens is 1. The van der Waals surface area contributed by atoms with Crippen LogP contribution in [0.4, 0.5) is 0 Å². The zero-order valence-corrected chi connectivity index (χ0v) is 9.71. The first-order valence-electron chi connectivity index (χ1n) is 5.05. The van der Waals surface area contributed by atoms with Gasteiger partial charge in [0, 0.05) is 16.6 Å². The highest BCUT2D eigenvalue weighted by Gasteiger charge is 2.03. The summed E-state index contributed by atoms with van der Waals surface area (Å²) in [5.41, 5.74) is 0.00156. The number of nitrogens with one attached hydrogen (secondary N) is 1. The van der Waals surface area contributed by atoms with Crippen LogP contribution in [0, 0.1) is 0 Å². The van der Waals surface area contributed by atoms with Gasteiger partial charge < -0.3 is 0 Å². The molecule has 0 aromatic carbocycles. The number of hydrogen-bond donors (Lipinski definition) is 1. The first kappa shape index (κ1) is 10.9. The topological polar surface area (TPSA) is 54.9 Å². The second-order valence-corrected chi connectivity index (χ2v) is 4.51. The molecular weight excluding hydrogens is 224 g/mol. The van der Waals surface area contributed by atoms with Gasteiger partial charge in [0.2, 0.25) is 0 Å². The Morgan fingerprint density at radius 3 is 2.88 bits per heavy atom. The van der Waals surface area contributed by atoms with Gasteiger partial charge in [0.05, 0.1) is 6.54 Å². The van der Waals surface area contributed by atoms with Crippen LogP contribution in [0.5, 0.6) is 0 Å². The summed E-state index contributed by atoms with van der Waals surface area (Å²) < 4.78 is 1.53. The molecule has 0 aliphatic heterocycles. The summed E-state index contributed by atoms with van der Waals surface area (Å²) >= 11 is 1.59. The summed E-state index contributed by atoms with van der Waals surface area (Å²) in [6, 6.07) is 3.91. The van der Waals surface area contributed by atoms with Crippen molar-refractivity contribution >= 4 is 11.3 Å². The lowest BCUT2D eigenvalue weighted by atomic mass is 10.2. The fraction of sp³-hybridized carbons (Fsp3) is 0.273. The lowest BCUT2D eigenvalue weighted by Crippen LogP contribution is -2.31. The van der Waals surface area contributed by atoms with Gasteiger partial charge in [0.25, 0.3) is 5.56 Å². The van der Waals surface area contributed by atoms with Crippen molar-refractivity contribution in [1.29, 1.82) is 0 Å². The average molecular weight is 236 g/mol. The van der Waals surface area contributed by atoms with Crippen molar-refractivity contribution < 1.29 is 0 Å². The van der Waals surface area contributed by atoms with E-state index >= 15 is 0 Å². The van der Waals surface area contributed by atoms with Gasteiger partial charge in [0.15, 0.2) is 0 Å². The number of hydrogen-bond acceptors (Lipinski definition) is 3. The number of aryl methyl sites for hydroxylation is 1. The fourth-order valence-electron chi connectivity index (χ4n) is 1.49. The van der Waals surface area contributed by atoms with E-state index in [1.807, 2.05) is 24.4 Å². The zero-order chi connectivity index (χ0) is 11.5. The van der Waals surface area contributed by atoms with Gasteiger partial charge in [-0.05, 0) is 17.9 Å². The van der Waals surface area contributed by atoms with Crippen LogP contribution in [0.3, 0.4) is 0 Å². The van der Waals surface area contributed by atoms with Crippen LogP contribution >= 0.6 is 11.3 Å². The Balaban J connectivity index is 2.41. The summed E-state index contributed by atoms with van der Waals surface area (Å²) in [6.45, 7) is 2.41. The monoisotopic (exact) mass is 236 g/mol. The Kier molecular flexibility index (Phi) is 3.05. The van der Waals surface area contributed by atoms with Crippen LogP contribution in [-0.2, 0) is 13.0 Å². The lowest BCUT2D eigenvalue weighted by molar-refractivity contribution is 0.715. The Bertz CT molecular complexity index is 581. The molecule has 16 heavy (non-hydrogen) atoms. The number of rotatable bonds is 3. The largest absolute Gasteiger partial charge is 0.328 e. The molecule has 2 aromatic heterocycles. The van der Waals surface area contributed by atoms with Crippen LogP contribution < -0.4 is 11.2 Å². The normalized spacial score (nSPS) is 10.6. The van der Waals surface area contributed by atoms with Crippen molar-refractivity contribution in [2.24, 2.45) is 0 Å². The molecule has 2 rings (SSSR count). The quantitative estimate of drug-likeness (QED) is 0.870. The third-order valence-electron chi connectivity index (χ3n) is 2.37. The van der Waals surface area contributed by atoms with E-state index in [-0.39, 0.29) is 11.2 Å². The van der Waals surface area contributed by atoms with E-state index in [2.05, 4.69) is 4.98 Å². The van der Waals surface area contributed by atoms with Crippen LogP contribution in [0.2, 0.25) is 0 Å². The van der Waals surface area contributed by atoms with Crippen LogP contribution in [0.1, 0.15) is 17.4 Å². The lowest BCUT2D eigenvalue weighted by Gasteiger charge is -2.04. The number of aromatic amines is 1. The smallest absolute Gasteiger partial charge is 0.295 e. The summed E-state index contributed by atoms with van der Waals surface area (Å²) in [6.07, 6.45) is 2.26. The summed E-state index contributed by atoms with van der Waals surface area (Å²) in [7, 11) is 0. The van der Waals surface area contributed by atoms with Gasteiger partial charge >= 0.3 is 5.69 Å². The van der Waals surface area contributed by atoms with Gasteiger partial charge in [-0.3, -0.25) is 14.3 Å². The highest BCUT2D eigenvalue weighted by atomic mass is 32.1. The molecule has 0 spiro atoms. The van der Waals surface area contributed by atoms with Crippen molar-refractivity contribution in [2.45, 2.75) is 19.9 Å². The van der Waals surface area contributed by atoms with E-state index in [0.717, 1.165) is 4.88 Å². The number of nitrogens with zero attached hydrogens (tertiary/aromatic N) is 1. The second kappa shape index (κ2) is 4.49.